The Hall–Kier alpha value is -3.30. The first-order valence-electron chi connectivity index (χ1n) is 8.54. The van der Waals surface area contributed by atoms with Crippen LogP contribution in [-0.2, 0) is 12.7 Å². The number of alkyl halides is 3. The first-order valence-corrected chi connectivity index (χ1v) is 8.54. The van der Waals surface area contributed by atoms with Crippen LogP contribution in [0.4, 0.5) is 19.0 Å². The maximum Gasteiger partial charge on any atom is 0.435 e. The maximum absolute atomic E-state index is 12.6. The molecule has 7 nitrogen and oxygen atoms in total. The first kappa shape index (κ1) is 18.1. The molecule has 10 heteroatoms. The predicted octanol–water partition coefficient (Wildman–Crippen LogP) is 2.25. The van der Waals surface area contributed by atoms with E-state index in [2.05, 4.69) is 20.3 Å². The first-order chi connectivity index (χ1) is 13.4. The Morgan fingerprint density at radius 2 is 1.75 bits per heavy atom. The van der Waals surface area contributed by atoms with Crippen LogP contribution in [0, 0.1) is 5.92 Å². The number of nitrogens with zero attached hydrogens (tertiary/aromatic N) is 6. The van der Waals surface area contributed by atoms with E-state index in [0.29, 0.717) is 31.1 Å². The fourth-order valence-corrected chi connectivity index (χ4v) is 3.02. The topological polar surface area (TPSA) is 76.8 Å². The molecule has 1 aliphatic heterocycles. The second-order valence-electron chi connectivity index (χ2n) is 6.52. The van der Waals surface area contributed by atoms with Crippen molar-refractivity contribution < 1.29 is 13.2 Å². The molecule has 0 bridgehead atoms. The minimum atomic E-state index is -4.50. The van der Waals surface area contributed by atoms with Gasteiger partial charge in [0, 0.05) is 43.0 Å². The zero-order chi connectivity index (χ0) is 19.7. The molecule has 144 valence electrons. The van der Waals surface area contributed by atoms with Gasteiger partial charge in [0.15, 0.2) is 11.5 Å². The quantitative estimate of drug-likeness (QED) is 0.682. The molecule has 0 atom stereocenters. The van der Waals surface area contributed by atoms with Crippen molar-refractivity contribution in [2.24, 2.45) is 5.92 Å². The Morgan fingerprint density at radius 3 is 2.39 bits per heavy atom. The van der Waals surface area contributed by atoms with E-state index in [0.717, 1.165) is 11.6 Å². The predicted molar refractivity (Wildman–Crippen MR) is 94.5 cm³/mol. The van der Waals surface area contributed by atoms with Crippen molar-refractivity contribution in [2.75, 3.05) is 18.0 Å². The standard InChI is InChI=1S/C18H15F3N6O/c19-18(20,21)15-2-3-16(24-23-15)26-9-12(10-26)11-27-17(28)4-1-14(25-27)13-5-7-22-8-6-13/h1-8,12H,9-11H2. The molecule has 1 aliphatic rings. The maximum atomic E-state index is 12.6. The highest BCUT2D eigenvalue weighted by molar-refractivity contribution is 5.57. The normalized spacial score (nSPS) is 14.8. The molecule has 0 aromatic carbocycles. The molecule has 0 aliphatic carbocycles. The summed E-state index contributed by atoms with van der Waals surface area (Å²) in [7, 11) is 0. The second-order valence-corrected chi connectivity index (χ2v) is 6.52. The molecule has 28 heavy (non-hydrogen) atoms. The van der Waals surface area contributed by atoms with Gasteiger partial charge in [0.2, 0.25) is 0 Å². The van der Waals surface area contributed by atoms with Crippen LogP contribution >= 0.6 is 0 Å². The third-order valence-corrected chi connectivity index (χ3v) is 4.50. The molecule has 0 amide bonds. The molecule has 0 N–H and O–H groups in total. The van der Waals surface area contributed by atoms with E-state index >= 15 is 0 Å². The van der Waals surface area contributed by atoms with Crippen LogP contribution in [0.25, 0.3) is 11.3 Å². The van der Waals surface area contributed by atoms with Crippen molar-refractivity contribution in [1.29, 1.82) is 0 Å². The van der Waals surface area contributed by atoms with E-state index in [1.54, 1.807) is 18.5 Å². The van der Waals surface area contributed by atoms with Gasteiger partial charge in [0.25, 0.3) is 5.56 Å². The number of halogens is 3. The minimum absolute atomic E-state index is 0.141. The summed E-state index contributed by atoms with van der Waals surface area (Å²) >= 11 is 0. The zero-order valence-electron chi connectivity index (χ0n) is 14.5. The number of pyridine rings is 1. The SMILES string of the molecule is O=c1ccc(-c2ccncc2)nn1CC1CN(c2ccc(C(F)(F)F)nn2)C1. The van der Waals surface area contributed by atoms with Gasteiger partial charge in [-0.25, -0.2) is 4.68 Å². The lowest BCUT2D eigenvalue weighted by Gasteiger charge is -2.39. The fourth-order valence-electron chi connectivity index (χ4n) is 3.02. The summed E-state index contributed by atoms with van der Waals surface area (Å²) < 4.78 is 39.1. The van der Waals surface area contributed by atoms with Gasteiger partial charge in [-0.3, -0.25) is 9.78 Å². The van der Waals surface area contributed by atoms with Gasteiger partial charge >= 0.3 is 6.18 Å². The van der Waals surface area contributed by atoms with Gasteiger partial charge in [0.1, 0.15) is 0 Å². The van der Waals surface area contributed by atoms with E-state index in [-0.39, 0.29) is 11.5 Å². The molecule has 4 heterocycles. The summed E-state index contributed by atoms with van der Waals surface area (Å²) in [6, 6.07) is 8.98. The number of rotatable bonds is 4. The van der Waals surface area contributed by atoms with Gasteiger partial charge in [0.05, 0.1) is 12.2 Å². The number of aromatic nitrogens is 5. The molecule has 0 radical (unpaired) electrons. The lowest BCUT2D eigenvalue weighted by Crippen LogP contribution is -2.50. The third-order valence-electron chi connectivity index (χ3n) is 4.50. The van der Waals surface area contributed by atoms with Gasteiger partial charge in [-0.2, -0.15) is 18.3 Å². The largest absolute Gasteiger partial charge is 0.435 e. The molecule has 0 spiro atoms. The average Bonchev–Trinajstić information content (AvgIpc) is 2.66. The summed E-state index contributed by atoms with van der Waals surface area (Å²) in [5.74, 6) is 0.525. The molecule has 3 aromatic heterocycles. The summed E-state index contributed by atoms with van der Waals surface area (Å²) in [6.07, 6.45) is -1.20. The average molecular weight is 388 g/mol. The minimum Gasteiger partial charge on any atom is -0.354 e. The van der Waals surface area contributed by atoms with Gasteiger partial charge < -0.3 is 4.90 Å². The molecule has 1 saturated heterocycles. The van der Waals surface area contributed by atoms with Crippen LogP contribution in [0.1, 0.15) is 5.69 Å². The fraction of sp³-hybridized carbons (Fsp3) is 0.278. The Labute approximate surface area is 157 Å². The molecular weight excluding hydrogens is 373 g/mol. The molecule has 1 fully saturated rings. The third kappa shape index (κ3) is 3.71. The summed E-state index contributed by atoms with van der Waals surface area (Å²) in [6.45, 7) is 1.55. The smallest absolute Gasteiger partial charge is 0.354 e. The van der Waals surface area contributed by atoms with E-state index in [1.165, 1.54) is 16.8 Å². The van der Waals surface area contributed by atoms with E-state index in [4.69, 9.17) is 0 Å². The van der Waals surface area contributed by atoms with Crippen LogP contribution in [0.5, 0.6) is 0 Å². The van der Waals surface area contributed by atoms with Crippen molar-refractivity contribution in [3.8, 4) is 11.3 Å². The molecular formula is C18H15F3N6O. The Bertz CT molecular complexity index is 1010. The van der Waals surface area contributed by atoms with Crippen molar-refractivity contribution in [3.63, 3.8) is 0 Å². The molecule has 0 saturated carbocycles. The molecule has 4 rings (SSSR count). The van der Waals surface area contributed by atoms with Crippen LogP contribution in [-0.4, -0.2) is 38.1 Å². The summed E-state index contributed by atoms with van der Waals surface area (Å²) in [5.41, 5.74) is 0.313. The summed E-state index contributed by atoms with van der Waals surface area (Å²) in [5, 5.41) is 11.3. The Balaban J connectivity index is 1.41. The van der Waals surface area contributed by atoms with Crippen molar-refractivity contribution in [3.05, 3.63) is 64.8 Å². The van der Waals surface area contributed by atoms with Gasteiger partial charge in [-0.1, -0.05) is 0 Å². The van der Waals surface area contributed by atoms with E-state index in [9.17, 15) is 18.0 Å². The van der Waals surface area contributed by atoms with Gasteiger partial charge in [-0.15, -0.1) is 10.2 Å². The summed E-state index contributed by atoms with van der Waals surface area (Å²) in [4.78, 5) is 17.9. The van der Waals surface area contributed by atoms with Crippen molar-refractivity contribution in [2.45, 2.75) is 12.7 Å². The highest BCUT2D eigenvalue weighted by Crippen LogP contribution is 2.29. The number of hydrogen-bond acceptors (Lipinski definition) is 6. The second kappa shape index (κ2) is 7.02. The zero-order valence-corrected chi connectivity index (χ0v) is 14.5. The van der Waals surface area contributed by atoms with E-state index in [1.807, 2.05) is 17.0 Å². The Morgan fingerprint density at radius 1 is 1.00 bits per heavy atom. The van der Waals surface area contributed by atoms with Crippen LogP contribution in [0.2, 0.25) is 0 Å². The van der Waals surface area contributed by atoms with Crippen molar-refractivity contribution in [1.82, 2.24) is 25.0 Å². The highest BCUT2D eigenvalue weighted by Gasteiger charge is 2.34. The van der Waals surface area contributed by atoms with Crippen LogP contribution < -0.4 is 10.5 Å². The number of hydrogen-bond donors (Lipinski definition) is 0. The molecule has 0 unspecified atom stereocenters. The van der Waals surface area contributed by atoms with Crippen LogP contribution in [0.3, 0.4) is 0 Å². The highest BCUT2D eigenvalue weighted by atomic mass is 19.4. The Kier molecular flexibility index (Phi) is 4.54. The monoisotopic (exact) mass is 388 g/mol. The number of anilines is 1. The molecule has 3 aromatic rings. The van der Waals surface area contributed by atoms with E-state index < -0.39 is 11.9 Å². The lowest BCUT2D eigenvalue weighted by molar-refractivity contribution is -0.141. The lowest BCUT2D eigenvalue weighted by atomic mass is 10.0. The van der Waals surface area contributed by atoms with Crippen LogP contribution in [0.15, 0.2) is 53.6 Å². The van der Waals surface area contributed by atoms with Gasteiger partial charge in [-0.05, 0) is 30.3 Å². The van der Waals surface area contributed by atoms with Crippen molar-refractivity contribution >= 4 is 5.82 Å².